The standard InChI is InChI=1S/C15H21NO3/c1-3-10-18-14(4-2)11-16-15(17)19-12-13-8-6-5-7-9-13/h3,5-9,14H,1,4,10-12H2,2H3,(H,16,17). The third-order valence-electron chi connectivity index (χ3n) is 2.59. The maximum absolute atomic E-state index is 11.5. The minimum absolute atomic E-state index is 0.0118. The topological polar surface area (TPSA) is 47.6 Å². The Kier molecular flexibility index (Phi) is 7.35. The summed E-state index contributed by atoms with van der Waals surface area (Å²) < 4.78 is 10.6. The lowest BCUT2D eigenvalue weighted by Gasteiger charge is -2.15. The molecule has 0 aliphatic heterocycles. The van der Waals surface area contributed by atoms with Crippen LogP contribution in [-0.2, 0) is 16.1 Å². The summed E-state index contributed by atoms with van der Waals surface area (Å²) in [5.74, 6) is 0. The number of benzene rings is 1. The van der Waals surface area contributed by atoms with Crippen LogP contribution in [0.5, 0.6) is 0 Å². The van der Waals surface area contributed by atoms with E-state index in [9.17, 15) is 4.79 Å². The molecule has 1 aromatic rings. The van der Waals surface area contributed by atoms with E-state index in [1.165, 1.54) is 0 Å². The lowest BCUT2D eigenvalue weighted by molar-refractivity contribution is 0.0674. The molecule has 0 aromatic heterocycles. The number of nitrogens with one attached hydrogen (secondary N) is 1. The molecule has 4 heteroatoms. The Morgan fingerprint density at radius 2 is 2.16 bits per heavy atom. The summed E-state index contributed by atoms with van der Waals surface area (Å²) in [6.45, 7) is 6.80. The van der Waals surface area contributed by atoms with E-state index < -0.39 is 6.09 Å². The molecule has 0 spiro atoms. The van der Waals surface area contributed by atoms with Crippen molar-refractivity contribution in [2.75, 3.05) is 13.2 Å². The zero-order valence-electron chi connectivity index (χ0n) is 11.3. The van der Waals surface area contributed by atoms with E-state index in [1.807, 2.05) is 37.3 Å². The maximum atomic E-state index is 11.5. The van der Waals surface area contributed by atoms with Crippen LogP contribution in [0.25, 0.3) is 0 Å². The molecule has 1 N–H and O–H groups in total. The smallest absolute Gasteiger partial charge is 0.407 e. The lowest BCUT2D eigenvalue weighted by Crippen LogP contribution is -2.33. The molecule has 0 saturated carbocycles. The molecule has 1 amide bonds. The maximum Gasteiger partial charge on any atom is 0.407 e. The summed E-state index contributed by atoms with van der Waals surface area (Å²) in [4.78, 5) is 11.5. The first-order valence-corrected chi connectivity index (χ1v) is 6.43. The average Bonchev–Trinajstić information content (AvgIpc) is 2.46. The van der Waals surface area contributed by atoms with Gasteiger partial charge in [-0.25, -0.2) is 4.79 Å². The highest BCUT2D eigenvalue weighted by Crippen LogP contribution is 2.01. The molecule has 0 fully saturated rings. The number of carbonyl (C=O) groups excluding carboxylic acids is 1. The second-order valence-corrected chi connectivity index (χ2v) is 4.09. The summed E-state index contributed by atoms with van der Waals surface area (Å²) >= 11 is 0. The molecule has 0 aliphatic rings. The summed E-state index contributed by atoms with van der Waals surface area (Å²) in [7, 11) is 0. The third-order valence-corrected chi connectivity index (χ3v) is 2.59. The zero-order valence-corrected chi connectivity index (χ0v) is 11.3. The van der Waals surface area contributed by atoms with Gasteiger partial charge in [0.15, 0.2) is 0 Å². The Morgan fingerprint density at radius 3 is 2.79 bits per heavy atom. The van der Waals surface area contributed by atoms with Gasteiger partial charge in [-0.3, -0.25) is 0 Å². The van der Waals surface area contributed by atoms with Gasteiger partial charge in [-0.2, -0.15) is 0 Å². The van der Waals surface area contributed by atoms with E-state index in [-0.39, 0.29) is 12.7 Å². The zero-order chi connectivity index (χ0) is 13.9. The second-order valence-electron chi connectivity index (χ2n) is 4.09. The van der Waals surface area contributed by atoms with Gasteiger partial charge in [-0.15, -0.1) is 6.58 Å². The molecule has 0 saturated heterocycles. The van der Waals surface area contributed by atoms with Crippen molar-refractivity contribution in [2.45, 2.75) is 26.1 Å². The molecule has 1 unspecified atom stereocenters. The van der Waals surface area contributed by atoms with Gasteiger partial charge in [0, 0.05) is 6.54 Å². The quantitative estimate of drug-likeness (QED) is 0.734. The van der Waals surface area contributed by atoms with Gasteiger partial charge < -0.3 is 14.8 Å². The fraction of sp³-hybridized carbons (Fsp3) is 0.400. The minimum Gasteiger partial charge on any atom is -0.445 e. The van der Waals surface area contributed by atoms with Crippen LogP contribution in [0, 0.1) is 0 Å². The fourth-order valence-corrected chi connectivity index (χ4v) is 1.50. The van der Waals surface area contributed by atoms with Crippen LogP contribution in [0.1, 0.15) is 18.9 Å². The molecule has 0 aliphatic carbocycles. The number of hydrogen-bond donors (Lipinski definition) is 1. The number of amides is 1. The van der Waals surface area contributed by atoms with Crippen molar-refractivity contribution in [2.24, 2.45) is 0 Å². The van der Waals surface area contributed by atoms with Crippen LogP contribution in [0.4, 0.5) is 4.79 Å². The number of rotatable bonds is 8. The van der Waals surface area contributed by atoms with Crippen molar-refractivity contribution >= 4 is 6.09 Å². The van der Waals surface area contributed by atoms with Crippen molar-refractivity contribution in [3.8, 4) is 0 Å². The van der Waals surface area contributed by atoms with Crippen molar-refractivity contribution in [1.82, 2.24) is 5.32 Å². The summed E-state index contributed by atoms with van der Waals surface area (Å²) in [5, 5.41) is 2.69. The first-order valence-electron chi connectivity index (χ1n) is 6.43. The van der Waals surface area contributed by atoms with E-state index in [2.05, 4.69) is 11.9 Å². The van der Waals surface area contributed by atoms with E-state index in [4.69, 9.17) is 9.47 Å². The first-order chi connectivity index (χ1) is 9.26. The fourth-order valence-electron chi connectivity index (χ4n) is 1.50. The highest BCUT2D eigenvalue weighted by molar-refractivity contribution is 5.67. The Bertz CT molecular complexity index is 378. The summed E-state index contributed by atoms with van der Waals surface area (Å²) in [6, 6.07) is 9.57. The highest BCUT2D eigenvalue weighted by Gasteiger charge is 2.08. The predicted octanol–water partition coefficient (Wildman–Crippen LogP) is 2.89. The average molecular weight is 263 g/mol. The Morgan fingerprint density at radius 1 is 1.42 bits per heavy atom. The molecular formula is C15H21NO3. The van der Waals surface area contributed by atoms with E-state index in [0.717, 1.165) is 12.0 Å². The monoisotopic (exact) mass is 263 g/mol. The van der Waals surface area contributed by atoms with Crippen LogP contribution < -0.4 is 5.32 Å². The predicted molar refractivity (Wildman–Crippen MR) is 74.9 cm³/mol. The number of carbonyl (C=O) groups is 1. The molecule has 0 radical (unpaired) electrons. The Labute approximate surface area is 114 Å². The van der Waals surface area contributed by atoms with Crippen LogP contribution in [0.2, 0.25) is 0 Å². The largest absolute Gasteiger partial charge is 0.445 e. The van der Waals surface area contributed by atoms with Gasteiger partial charge in [-0.05, 0) is 12.0 Å². The Balaban J connectivity index is 2.21. The van der Waals surface area contributed by atoms with Crippen LogP contribution in [0.15, 0.2) is 43.0 Å². The normalized spacial score (nSPS) is 11.6. The molecule has 1 atom stereocenters. The number of ether oxygens (including phenoxy) is 2. The van der Waals surface area contributed by atoms with Gasteiger partial charge in [0.2, 0.25) is 0 Å². The lowest BCUT2D eigenvalue weighted by atomic mass is 10.2. The van der Waals surface area contributed by atoms with Crippen molar-refractivity contribution in [3.63, 3.8) is 0 Å². The van der Waals surface area contributed by atoms with Gasteiger partial charge in [0.05, 0.1) is 12.7 Å². The third kappa shape index (κ3) is 6.62. The summed E-state index contributed by atoms with van der Waals surface area (Å²) in [6.07, 6.45) is 2.08. The van der Waals surface area contributed by atoms with E-state index >= 15 is 0 Å². The van der Waals surface area contributed by atoms with Crippen molar-refractivity contribution < 1.29 is 14.3 Å². The van der Waals surface area contributed by atoms with Crippen LogP contribution in [0.3, 0.4) is 0 Å². The Hall–Kier alpha value is -1.81. The van der Waals surface area contributed by atoms with E-state index in [1.54, 1.807) is 6.08 Å². The molecule has 104 valence electrons. The van der Waals surface area contributed by atoms with Gasteiger partial charge in [0.1, 0.15) is 6.61 Å². The molecule has 0 heterocycles. The van der Waals surface area contributed by atoms with Gasteiger partial charge in [-0.1, -0.05) is 43.3 Å². The number of hydrogen-bond acceptors (Lipinski definition) is 3. The molecule has 1 aromatic carbocycles. The second kappa shape index (κ2) is 9.16. The molecule has 19 heavy (non-hydrogen) atoms. The van der Waals surface area contributed by atoms with Gasteiger partial charge >= 0.3 is 6.09 Å². The van der Waals surface area contributed by atoms with Crippen molar-refractivity contribution in [3.05, 3.63) is 48.6 Å². The van der Waals surface area contributed by atoms with Crippen molar-refractivity contribution in [1.29, 1.82) is 0 Å². The van der Waals surface area contributed by atoms with E-state index in [0.29, 0.717) is 13.2 Å². The SMILES string of the molecule is C=CCOC(CC)CNC(=O)OCc1ccccc1. The van der Waals surface area contributed by atoms with Crippen LogP contribution >= 0.6 is 0 Å². The number of alkyl carbamates (subject to hydrolysis) is 1. The minimum atomic E-state index is -0.426. The molecular weight excluding hydrogens is 242 g/mol. The highest BCUT2D eigenvalue weighted by atomic mass is 16.5. The first kappa shape index (κ1) is 15.2. The summed E-state index contributed by atoms with van der Waals surface area (Å²) in [5.41, 5.74) is 0.965. The molecule has 1 rings (SSSR count). The van der Waals surface area contributed by atoms with Crippen LogP contribution in [-0.4, -0.2) is 25.3 Å². The molecule has 0 bridgehead atoms. The van der Waals surface area contributed by atoms with Gasteiger partial charge in [0.25, 0.3) is 0 Å². The molecule has 4 nitrogen and oxygen atoms in total.